The molecule has 2 aromatic rings. The van der Waals surface area contributed by atoms with Gasteiger partial charge in [0.25, 0.3) is 0 Å². The number of benzene rings is 2. The van der Waals surface area contributed by atoms with Crippen LogP contribution in [0.25, 0.3) is 0 Å². The number of hydrogen-bond acceptors (Lipinski definition) is 3. The molecular formula is C22H28NNaO4S. The van der Waals surface area contributed by atoms with E-state index in [2.05, 4.69) is 0 Å². The Kier molecular flexibility index (Phi) is 9.37. The van der Waals surface area contributed by atoms with Crippen LogP contribution in [0.2, 0.25) is 0 Å². The Morgan fingerprint density at radius 1 is 0.966 bits per heavy atom. The van der Waals surface area contributed by atoms with E-state index in [1.54, 1.807) is 28.6 Å². The van der Waals surface area contributed by atoms with Crippen LogP contribution in [0.3, 0.4) is 0 Å². The van der Waals surface area contributed by atoms with Crippen molar-refractivity contribution in [1.29, 1.82) is 0 Å². The summed E-state index contributed by atoms with van der Waals surface area (Å²) in [7, 11) is -3.56. The summed E-state index contributed by atoms with van der Waals surface area (Å²) in [4.78, 5) is 11.0. The van der Waals surface area contributed by atoms with E-state index >= 15 is 0 Å². The average molecular weight is 426 g/mol. The summed E-state index contributed by atoms with van der Waals surface area (Å²) >= 11 is 0. The average Bonchev–Trinajstić information content (AvgIpc) is 3.13. The first-order valence-electron chi connectivity index (χ1n) is 9.84. The first-order chi connectivity index (χ1) is 13.5. The molecule has 2 aromatic carbocycles. The first-order valence-corrected chi connectivity index (χ1v) is 11.3. The molecule has 0 aromatic heterocycles. The molecule has 0 spiro atoms. The molecule has 1 saturated heterocycles. The zero-order valence-corrected chi connectivity index (χ0v) is 16.7. The second-order valence-electron chi connectivity index (χ2n) is 7.33. The van der Waals surface area contributed by atoms with Gasteiger partial charge in [-0.05, 0) is 42.9 Å². The fourth-order valence-electron chi connectivity index (χ4n) is 4.07. The van der Waals surface area contributed by atoms with Crippen LogP contribution in [0.5, 0.6) is 0 Å². The fraction of sp³-hybridized carbons (Fsp3) is 0.409. The molecule has 152 valence electrons. The molecule has 5 nitrogen and oxygen atoms in total. The van der Waals surface area contributed by atoms with Crippen molar-refractivity contribution < 1.29 is 18.3 Å². The summed E-state index contributed by atoms with van der Waals surface area (Å²) in [6.07, 6.45) is 4.37. The number of unbranched alkanes of at least 4 members (excludes halogenated alkanes) is 2. The predicted octanol–water partition coefficient (Wildman–Crippen LogP) is 3.83. The van der Waals surface area contributed by atoms with Crippen LogP contribution in [0.4, 0.5) is 0 Å². The minimum absolute atomic E-state index is 0. The minimum atomic E-state index is -3.56. The van der Waals surface area contributed by atoms with Crippen LogP contribution >= 0.6 is 0 Å². The van der Waals surface area contributed by atoms with Crippen LogP contribution in [0, 0.1) is 5.92 Å². The van der Waals surface area contributed by atoms with Crippen LogP contribution in [-0.4, -0.2) is 59.9 Å². The van der Waals surface area contributed by atoms with Gasteiger partial charge in [0.15, 0.2) is 0 Å². The SMILES string of the molecule is O=C(O)CCCCCC1CCN(S(=O)(=O)c2ccccc2)C1c1ccccc1.[NaH]. The number of hydrogen-bond donors (Lipinski definition) is 1. The molecule has 0 saturated carbocycles. The van der Waals surface area contributed by atoms with Crippen molar-refractivity contribution in [3.63, 3.8) is 0 Å². The van der Waals surface area contributed by atoms with Gasteiger partial charge in [0, 0.05) is 13.0 Å². The van der Waals surface area contributed by atoms with Crippen molar-refractivity contribution in [2.45, 2.75) is 49.5 Å². The van der Waals surface area contributed by atoms with Crippen molar-refractivity contribution in [3.8, 4) is 0 Å². The van der Waals surface area contributed by atoms with Gasteiger partial charge in [-0.2, -0.15) is 4.31 Å². The number of nitrogens with zero attached hydrogens (tertiary/aromatic N) is 1. The number of carboxylic acids is 1. The van der Waals surface area contributed by atoms with Gasteiger partial charge in [0.1, 0.15) is 0 Å². The summed E-state index contributed by atoms with van der Waals surface area (Å²) in [6.45, 7) is 0.510. The standard InChI is InChI=1S/C22H27NO4S.Na.H/c24-21(25)15-9-2-6-12-19-16-17-23(22(19)18-10-4-1-5-11-18)28(26,27)20-13-7-3-8-14-20;;/h1,3-5,7-8,10-11,13-14,19,22H,2,6,9,12,15-17H2,(H,24,25);;. The zero-order chi connectivity index (χ0) is 20.0. The summed E-state index contributed by atoms with van der Waals surface area (Å²) in [5.74, 6) is -0.520. The normalized spacial score (nSPS) is 19.6. The molecule has 1 N–H and O–H groups in total. The quantitative estimate of drug-likeness (QED) is 0.490. The van der Waals surface area contributed by atoms with E-state index in [1.807, 2.05) is 36.4 Å². The van der Waals surface area contributed by atoms with Gasteiger partial charge in [-0.15, -0.1) is 0 Å². The van der Waals surface area contributed by atoms with Gasteiger partial charge in [0.2, 0.25) is 10.0 Å². The van der Waals surface area contributed by atoms with E-state index in [1.165, 1.54) is 0 Å². The third-order valence-electron chi connectivity index (χ3n) is 5.43. The molecule has 2 atom stereocenters. The van der Waals surface area contributed by atoms with E-state index in [-0.39, 0.29) is 47.9 Å². The number of carboxylic acid groups (broad SMARTS) is 1. The van der Waals surface area contributed by atoms with E-state index in [4.69, 9.17) is 5.11 Å². The van der Waals surface area contributed by atoms with Gasteiger partial charge in [-0.1, -0.05) is 61.4 Å². The molecule has 3 rings (SSSR count). The Hall–Kier alpha value is -1.18. The fourth-order valence-corrected chi connectivity index (χ4v) is 5.78. The number of rotatable bonds is 9. The van der Waals surface area contributed by atoms with Crippen LogP contribution in [0.1, 0.15) is 50.1 Å². The topological polar surface area (TPSA) is 74.7 Å². The molecule has 0 radical (unpaired) electrons. The van der Waals surface area contributed by atoms with Crippen LogP contribution in [0.15, 0.2) is 65.6 Å². The third kappa shape index (κ3) is 6.15. The zero-order valence-electron chi connectivity index (χ0n) is 15.9. The Morgan fingerprint density at radius 2 is 1.59 bits per heavy atom. The van der Waals surface area contributed by atoms with E-state index < -0.39 is 16.0 Å². The summed E-state index contributed by atoms with van der Waals surface area (Å²) in [6, 6.07) is 18.3. The van der Waals surface area contributed by atoms with Gasteiger partial charge in [0.05, 0.1) is 10.9 Å². The van der Waals surface area contributed by atoms with Crippen molar-refractivity contribution >= 4 is 45.5 Å². The number of sulfonamides is 1. The van der Waals surface area contributed by atoms with E-state index in [0.29, 0.717) is 17.9 Å². The molecule has 2 unspecified atom stereocenters. The van der Waals surface area contributed by atoms with Crippen LogP contribution in [-0.2, 0) is 14.8 Å². The molecule has 0 bridgehead atoms. The second-order valence-corrected chi connectivity index (χ2v) is 9.22. The Balaban J connectivity index is 0.00000300. The summed E-state index contributed by atoms with van der Waals surface area (Å²) in [5.41, 5.74) is 1.02. The molecular weight excluding hydrogens is 397 g/mol. The van der Waals surface area contributed by atoms with Gasteiger partial charge >= 0.3 is 35.5 Å². The third-order valence-corrected chi connectivity index (χ3v) is 7.33. The van der Waals surface area contributed by atoms with Crippen molar-refractivity contribution in [3.05, 3.63) is 66.2 Å². The molecule has 1 heterocycles. The second kappa shape index (κ2) is 11.3. The first kappa shape index (κ1) is 24.1. The maximum absolute atomic E-state index is 13.3. The van der Waals surface area contributed by atoms with E-state index in [9.17, 15) is 13.2 Å². The molecule has 1 fully saturated rings. The number of aliphatic carboxylic acids is 1. The Bertz CT molecular complexity index is 874. The molecule has 7 heteroatoms. The molecule has 29 heavy (non-hydrogen) atoms. The van der Waals surface area contributed by atoms with Gasteiger partial charge in [-0.3, -0.25) is 4.79 Å². The molecule has 0 amide bonds. The van der Waals surface area contributed by atoms with Gasteiger partial charge < -0.3 is 5.11 Å². The van der Waals surface area contributed by atoms with E-state index in [0.717, 1.165) is 31.2 Å². The van der Waals surface area contributed by atoms with Crippen LogP contribution < -0.4 is 0 Å². The molecule has 1 aliphatic rings. The summed E-state index contributed by atoms with van der Waals surface area (Å²) < 4.78 is 28.2. The Labute approximate surface area is 195 Å². The van der Waals surface area contributed by atoms with Crippen molar-refractivity contribution in [2.24, 2.45) is 5.92 Å². The maximum atomic E-state index is 13.3. The summed E-state index contributed by atoms with van der Waals surface area (Å²) in [5, 5.41) is 8.77. The molecule has 0 aliphatic carbocycles. The molecule has 1 aliphatic heterocycles. The van der Waals surface area contributed by atoms with Gasteiger partial charge in [-0.25, -0.2) is 8.42 Å². The van der Waals surface area contributed by atoms with Crippen molar-refractivity contribution in [2.75, 3.05) is 6.54 Å². The van der Waals surface area contributed by atoms with Crippen molar-refractivity contribution in [1.82, 2.24) is 4.31 Å². The number of carbonyl (C=O) groups is 1. The predicted molar refractivity (Wildman–Crippen MR) is 115 cm³/mol. The monoisotopic (exact) mass is 425 g/mol. The Morgan fingerprint density at radius 3 is 2.21 bits per heavy atom.